The third kappa shape index (κ3) is 1.75. The van der Waals surface area contributed by atoms with Crippen molar-refractivity contribution in [1.82, 2.24) is 5.32 Å². The van der Waals surface area contributed by atoms with Gasteiger partial charge in [-0.25, -0.2) is 0 Å². The smallest absolute Gasteiger partial charge is 0.0133 e. The largest absolute Gasteiger partial charge is 0.316 e. The van der Waals surface area contributed by atoms with Gasteiger partial charge in [0.15, 0.2) is 0 Å². The molecule has 0 bridgehead atoms. The number of nitrogens with one attached hydrogen (secondary N) is 1. The highest BCUT2D eigenvalue weighted by molar-refractivity contribution is 5.22. The second-order valence-electron chi connectivity index (χ2n) is 3.84. The van der Waals surface area contributed by atoms with Crippen molar-refractivity contribution < 1.29 is 0 Å². The molecule has 0 radical (unpaired) electrons. The van der Waals surface area contributed by atoms with Crippen LogP contribution in [-0.2, 0) is 0 Å². The summed E-state index contributed by atoms with van der Waals surface area (Å²) in [7, 11) is 2.08. The fraction of sp³-hybridized carbons (Fsp3) is 0.500. The lowest BCUT2D eigenvalue weighted by molar-refractivity contribution is 0.522. The minimum Gasteiger partial charge on any atom is -0.316 e. The van der Waals surface area contributed by atoms with E-state index in [9.17, 15) is 0 Å². The third-order valence-corrected chi connectivity index (χ3v) is 3.11. The molecule has 70 valence electrons. The molecule has 0 aromatic heterocycles. The summed E-state index contributed by atoms with van der Waals surface area (Å²) in [6, 6.07) is 11.6. The van der Waals surface area contributed by atoms with Crippen LogP contribution in [0.1, 0.15) is 30.7 Å². The molecule has 13 heavy (non-hydrogen) atoms. The second kappa shape index (κ2) is 3.93. The highest BCUT2D eigenvalue weighted by atomic mass is 14.9. The van der Waals surface area contributed by atoms with E-state index in [1.807, 2.05) is 0 Å². The summed E-state index contributed by atoms with van der Waals surface area (Å²) in [6.45, 7) is 0. The van der Waals surface area contributed by atoms with Gasteiger partial charge in [-0.3, -0.25) is 0 Å². The molecule has 1 aromatic rings. The highest BCUT2D eigenvalue weighted by Gasteiger charge is 2.26. The number of rotatable bonds is 2. The number of benzene rings is 1. The Kier molecular flexibility index (Phi) is 2.65. The van der Waals surface area contributed by atoms with Gasteiger partial charge in [0.25, 0.3) is 0 Å². The van der Waals surface area contributed by atoms with Gasteiger partial charge in [0.1, 0.15) is 0 Å². The molecule has 1 heteroatoms. The minimum absolute atomic E-state index is 0.697. The van der Waals surface area contributed by atoms with Gasteiger partial charge in [0.05, 0.1) is 0 Å². The van der Waals surface area contributed by atoms with Crippen LogP contribution in [0.4, 0.5) is 0 Å². The van der Waals surface area contributed by atoms with E-state index in [1.165, 1.54) is 24.8 Å². The molecule has 1 N–H and O–H groups in total. The zero-order valence-electron chi connectivity index (χ0n) is 8.16. The van der Waals surface area contributed by atoms with E-state index in [4.69, 9.17) is 0 Å². The average molecular weight is 175 g/mol. The standard InChI is InChI=1S/C12H17N/c1-13-12-9-5-8-11(12)10-6-3-2-4-7-10/h2-4,6-7,11-13H,5,8-9H2,1H3. The van der Waals surface area contributed by atoms with E-state index in [2.05, 4.69) is 42.7 Å². The highest BCUT2D eigenvalue weighted by Crippen LogP contribution is 2.33. The summed E-state index contributed by atoms with van der Waals surface area (Å²) >= 11 is 0. The van der Waals surface area contributed by atoms with Crippen LogP contribution in [0, 0.1) is 0 Å². The lowest BCUT2D eigenvalue weighted by atomic mass is 9.94. The first-order valence-corrected chi connectivity index (χ1v) is 5.14. The summed E-state index contributed by atoms with van der Waals surface area (Å²) in [4.78, 5) is 0. The lowest BCUT2D eigenvalue weighted by Gasteiger charge is -2.18. The van der Waals surface area contributed by atoms with Crippen LogP contribution in [0.15, 0.2) is 30.3 Å². The molecule has 1 aliphatic rings. The van der Waals surface area contributed by atoms with Crippen molar-refractivity contribution in [3.05, 3.63) is 35.9 Å². The molecule has 0 heterocycles. The molecule has 2 rings (SSSR count). The third-order valence-electron chi connectivity index (χ3n) is 3.11. The molecule has 0 amide bonds. The molecule has 2 atom stereocenters. The molecule has 1 nitrogen and oxygen atoms in total. The fourth-order valence-electron chi connectivity index (χ4n) is 2.40. The Morgan fingerprint density at radius 2 is 1.92 bits per heavy atom. The molecule has 0 aliphatic heterocycles. The van der Waals surface area contributed by atoms with Gasteiger partial charge in [-0.05, 0) is 31.4 Å². The molecule has 1 aromatic carbocycles. The Bertz CT molecular complexity index is 255. The topological polar surface area (TPSA) is 12.0 Å². The van der Waals surface area contributed by atoms with E-state index in [1.54, 1.807) is 0 Å². The Morgan fingerprint density at radius 3 is 2.62 bits per heavy atom. The predicted octanol–water partition coefficient (Wildman–Crippen LogP) is 2.54. The summed E-state index contributed by atoms with van der Waals surface area (Å²) in [6.07, 6.45) is 4.04. The van der Waals surface area contributed by atoms with Gasteiger partial charge < -0.3 is 5.32 Å². The fourth-order valence-corrected chi connectivity index (χ4v) is 2.40. The van der Waals surface area contributed by atoms with E-state index < -0.39 is 0 Å². The van der Waals surface area contributed by atoms with E-state index >= 15 is 0 Å². The van der Waals surface area contributed by atoms with Crippen LogP contribution < -0.4 is 5.32 Å². The van der Waals surface area contributed by atoms with E-state index in [0.717, 1.165) is 5.92 Å². The predicted molar refractivity (Wildman–Crippen MR) is 55.9 cm³/mol. The Morgan fingerprint density at radius 1 is 1.15 bits per heavy atom. The first-order chi connectivity index (χ1) is 6.42. The first kappa shape index (κ1) is 8.76. The van der Waals surface area contributed by atoms with Crippen molar-refractivity contribution in [1.29, 1.82) is 0 Å². The molecular weight excluding hydrogens is 158 g/mol. The normalized spacial score (nSPS) is 27.8. The summed E-state index contributed by atoms with van der Waals surface area (Å²) < 4.78 is 0. The average Bonchev–Trinajstić information content (AvgIpc) is 2.67. The molecule has 1 saturated carbocycles. The Hall–Kier alpha value is -0.820. The van der Waals surface area contributed by atoms with Crippen LogP contribution in [0.3, 0.4) is 0 Å². The first-order valence-electron chi connectivity index (χ1n) is 5.14. The van der Waals surface area contributed by atoms with Gasteiger partial charge in [0, 0.05) is 6.04 Å². The minimum atomic E-state index is 0.697. The monoisotopic (exact) mass is 175 g/mol. The SMILES string of the molecule is CNC1CCCC1c1ccccc1. The van der Waals surface area contributed by atoms with Crippen molar-refractivity contribution in [3.8, 4) is 0 Å². The molecule has 1 aliphatic carbocycles. The molecule has 0 saturated heterocycles. The summed E-state index contributed by atoms with van der Waals surface area (Å²) in [5.41, 5.74) is 1.50. The second-order valence-corrected chi connectivity index (χ2v) is 3.84. The zero-order chi connectivity index (χ0) is 9.10. The van der Waals surface area contributed by atoms with Gasteiger partial charge in [-0.15, -0.1) is 0 Å². The van der Waals surface area contributed by atoms with Crippen molar-refractivity contribution in [2.75, 3.05) is 7.05 Å². The quantitative estimate of drug-likeness (QED) is 0.728. The van der Waals surface area contributed by atoms with Gasteiger partial charge >= 0.3 is 0 Å². The van der Waals surface area contributed by atoms with Crippen molar-refractivity contribution in [2.45, 2.75) is 31.2 Å². The van der Waals surface area contributed by atoms with Gasteiger partial charge in [-0.2, -0.15) is 0 Å². The maximum atomic E-state index is 3.41. The number of hydrogen-bond donors (Lipinski definition) is 1. The number of likely N-dealkylation sites (N-methyl/N-ethyl adjacent to an activating group) is 1. The number of hydrogen-bond acceptors (Lipinski definition) is 1. The van der Waals surface area contributed by atoms with Gasteiger partial charge in [0.2, 0.25) is 0 Å². The lowest BCUT2D eigenvalue weighted by Crippen LogP contribution is -2.27. The maximum absolute atomic E-state index is 3.41. The maximum Gasteiger partial charge on any atom is 0.0133 e. The zero-order valence-corrected chi connectivity index (χ0v) is 8.16. The molecule has 1 fully saturated rings. The van der Waals surface area contributed by atoms with Crippen molar-refractivity contribution >= 4 is 0 Å². The Balaban J connectivity index is 2.16. The van der Waals surface area contributed by atoms with Gasteiger partial charge in [-0.1, -0.05) is 36.8 Å². The molecular formula is C12H17N. The Labute approximate surface area is 80.2 Å². The van der Waals surface area contributed by atoms with Crippen LogP contribution in [-0.4, -0.2) is 13.1 Å². The van der Waals surface area contributed by atoms with E-state index in [0.29, 0.717) is 6.04 Å². The molecule has 2 unspecified atom stereocenters. The summed E-state index contributed by atoms with van der Waals surface area (Å²) in [5, 5.41) is 3.41. The van der Waals surface area contributed by atoms with Crippen molar-refractivity contribution in [2.24, 2.45) is 0 Å². The van der Waals surface area contributed by atoms with Crippen LogP contribution >= 0.6 is 0 Å². The van der Waals surface area contributed by atoms with Crippen LogP contribution in [0.5, 0.6) is 0 Å². The van der Waals surface area contributed by atoms with Crippen molar-refractivity contribution in [3.63, 3.8) is 0 Å². The van der Waals surface area contributed by atoms with E-state index in [-0.39, 0.29) is 0 Å². The molecule has 0 spiro atoms. The van der Waals surface area contributed by atoms with Crippen LogP contribution in [0.25, 0.3) is 0 Å². The van der Waals surface area contributed by atoms with Crippen LogP contribution in [0.2, 0.25) is 0 Å². The summed E-state index contributed by atoms with van der Waals surface area (Å²) in [5.74, 6) is 0.742.